The van der Waals surface area contributed by atoms with Gasteiger partial charge in [-0.2, -0.15) is 0 Å². The van der Waals surface area contributed by atoms with Crippen LogP contribution in [0, 0.1) is 0 Å². The van der Waals surface area contributed by atoms with Gasteiger partial charge in [-0.1, -0.05) is 78.9 Å². The summed E-state index contributed by atoms with van der Waals surface area (Å²) < 4.78 is 5.98. The van der Waals surface area contributed by atoms with Crippen molar-refractivity contribution in [3.63, 3.8) is 0 Å². The molecule has 3 aromatic rings. The van der Waals surface area contributed by atoms with Gasteiger partial charge in [0.05, 0.1) is 6.61 Å². The van der Waals surface area contributed by atoms with Crippen LogP contribution >= 0.6 is 0 Å². The first-order chi connectivity index (χ1) is 10.4. The van der Waals surface area contributed by atoms with Gasteiger partial charge in [0, 0.05) is 5.92 Å². The zero-order chi connectivity index (χ0) is 14.3. The van der Waals surface area contributed by atoms with E-state index in [1.165, 1.54) is 11.1 Å². The quantitative estimate of drug-likeness (QED) is 0.643. The molecule has 1 heteroatoms. The molecule has 0 aromatic heterocycles. The number of para-hydroxylation sites is 1. The number of ether oxygens (including phenoxy) is 1. The Bertz CT molecular complexity index is 608. The van der Waals surface area contributed by atoms with Crippen molar-refractivity contribution in [2.45, 2.75) is 5.92 Å². The molecule has 0 N–H and O–H groups in total. The van der Waals surface area contributed by atoms with E-state index in [0.717, 1.165) is 5.75 Å². The van der Waals surface area contributed by atoms with Crippen molar-refractivity contribution >= 4 is 0 Å². The van der Waals surface area contributed by atoms with Crippen LogP contribution in [0.15, 0.2) is 91.0 Å². The van der Waals surface area contributed by atoms with Gasteiger partial charge in [0.2, 0.25) is 0 Å². The standard InChI is InChI=1S/C20H18O/c1-4-10-17(11-5-1)20(18-12-6-2-7-13-18)16-21-19-14-8-3-9-15-19/h1-15,20H,16H2. The molecule has 0 saturated carbocycles. The molecule has 1 nitrogen and oxygen atoms in total. The molecule has 0 bridgehead atoms. The molecule has 0 unspecified atom stereocenters. The largest absolute Gasteiger partial charge is 0.493 e. The summed E-state index contributed by atoms with van der Waals surface area (Å²) in [6.07, 6.45) is 0. The average molecular weight is 274 g/mol. The third-order valence-corrected chi connectivity index (χ3v) is 3.56. The molecule has 104 valence electrons. The predicted octanol–water partition coefficient (Wildman–Crippen LogP) is 4.90. The minimum absolute atomic E-state index is 0.243. The molecule has 3 aromatic carbocycles. The average Bonchev–Trinajstić information content (AvgIpc) is 2.58. The topological polar surface area (TPSA) is 9.23 Å². The molecule has 0 atom stereocenters. The van der Waals surface area contributed by atoms with Crippen LogP contribution in [0.5, 0.6) is 5.75 Å². The van der Waals surface area contributed by atoms with E-state index < -0.39 is 0 Å². The maximum atomic E-state index is 5.98. The zero-order valence-electron chi connectivity index (χ0n) is 11.9. The summed E-state index contributed by atoms with van der Waals surface area (Å²) in [7, 11) is 0. The number of hydrogen-bond donors (Lipinski definition) is 0. The van der Waals surface area contributed by atoms with Gasteiger partial charge >= 0.3 is 0 Å². The van der Waals surface area contributed by atoms with Crippen molar-refractivity contribution < 1.29 is 4.74 Å². The van der Waals surface area contributed by atoms with Gasteiger partial charge in [-0.3, -0.25) is 0 Å². The molecular formula is C20H18O. The van der Waals surface area contributed by atoms with Crippen LogP contribution in [0.3, 0.4) is 0 Å². The lowest BCUT2D eigenvalue weighted by Crippen LogP contribution is -2.11. The number of rotatable bonds is 5. The minimum Gasteiger partial charge on any atom is -0.493 e. The van der Waals surface area contributed by atoms with E-state index in [1.54, 1.807) is 0 Å². The van der Waals surface area contributed by atoms with Gasteiger partial charge in [0.1, 0.15) is 5.75 Å². The third-order valence-electron chi connectivity index (χ3n) is 3.56. The third kappa shape index (κ3) is 3.51. The van der Waals surface area contributed by atoms with Gasteiger partial charge < -0.3 is 4.74 Å². The predicted molar refractivity (Wildman–Crippen MR) is 86.7 cm³/mol. The van der Waals surface area contributed by atoms with E-state index in [4.69, 9.17) is 4.74 Å². The summed E-state index contributed by atoms with van der Waals surface area (Å²) >= 11 is 0. The fourth-order valence-electron chi connectivity index (χ4n) is 2.45. The van der Waals surface area contributed by atoms with E-state index in [1.807, 2.05) is 42.5 Å². The van der Waals surface area contributed by atoms with Crippen molar-refractivity contribution in [1.82, 2.24) is 0 Å². The van der Waals surface area contributed by atoms with Crippen LogP contribution in [0.1, 0.15) is 17.0 Å². The lowest BCUT2D eigenvalue weighted by molar-refractivity contribution is 0.303. The fourth-order valence-corrected chi connectivity index (χ4v) is 2.45. The van der Waals surface area contributed by atoms with Gasteiger partial charge in [-0.15, -0.1) is 0 Å². The molecule has 0 spiro atoms. The first-order valence-corrected chi connectivity index (χ1v) is 7.21. The highest BCUT2D eigenvalue weighted by molar-refractivity contribution is 5.33. The van der Waals surface area contributed by atoms with E-state index in [9.17, 15) is 0 Å². The number of hydrogen-bond acceptors (Lipinski definition) is 1. The molecule has 3 rings (SSSR count). The van der Waals surface area contributed by atoms with E-state index in [0.29, 0.717) is 6.61 Å². The SMILES string of the molecule is c1ccc(OCC(c2ccccc2)c2ccccc2)cc1. The summed E-state index contributed by atoms with van der Waals surface area (Å²) in [6.45, 7) is 0.637. The normalized spacial score (nSPS) is 10.5. The van der Waals surface area contributed by atoms with Crippen molar-refractivity contribution in [1.29, 1.82) is 0 Å². The molecular weight excluding hydrogens is 256 g/mol. The summed E-state index contributed by atoms with van der Waals surface area (Å²) in [5.74, 6) is 1.15. The first kappa shape index (κ1) is 13.4. The number of benzene rings is 3. The summed E-state index contributed by atoms with van der Waals surface area (Å²) in [5, 5.41) is 0. The van der Waals surface area contributed by atoms with E-state index in [-0.39, 0.29) is 5.92 Å². The van der Waals surface area contributed by atoms with Crippen LogP contribution in [0.4, 0.5) is 0 Å². The lowest BCUT2D eigenvalue weighted by atomic mass is 9.92. The Kier molecular flexibility index (Phi) is 4.33. The Labute approximate surface area is 125 Å². The highest BCUT2D eigenvalue weighted by Gasteiger charge is 2.14. The van der Waals surface area contributed by atoms with Gasteiger partial charge in [-0.25, -0.2) is 0 Å². The summed E-state index contributed by atoms with van der Waals surface area (Å²) in [4.78, 5) is 0. The van der Waals surface area contributed by atoms with Crippen molar-refractivity contribution in [2.75, 3.05) is 6.61 Å². The highest BCUT2D eigenvalue weighted by atomic mass is 16.5. The molecule has 0 aliphatic heterocycles. The van der Waals surface area contributed by atoms with Crippen molar-refractivity contribution in [3.05, 3.63) is 102 Å². The second-order valence-corrected chi connectivity index (χ2v) is 5.00. The Balaban J connectivity index is 1.83. The monoisotopic (exact) mass is 274 g/mol. The van der Waals surface area contributed by atoms with Gasteiger partial charge in [0.25, 0.3) is 0 Å². The second-order valence-electron chi connectivity index (χ2n) is 5.00. The molecule has 0 heterocycles. The fraction of sp³-hybridized carbons (Fsp3) is 0.100. The zero-order valence-corrected chi connectivity index (χ0v) is 11.9. The highest BCUT2D eigenvalue weighted by Crippen LogP contribution is 2.25. The smallest absolute Gasteiger partial charge is 0.119 e. The van der Waals surface area contributed by atoms with E-state index in [2.05, 4.69) is 48.5 Å². The Morgan fingerprint density at radius 1 is 0.571 bits per heavy atom. The van der Waals surface area contributed by atoms with Crippen LogP contribution < -0.4 is 4.74 Å². The molecule has 0 aliphatic carbocycles. The molecule has 0 saturated heterocycles. The summed E-state index contributed by atoms with van der Waals surface area (Å²) in [5.41, 5.74) is 2.55. The van der Waals surface area contributed by atoms with Gasteiger partial charge in [0.15, 0.2) is 0 Å². The molecule has 0 fully saturated rings. The van der Waals surface area contributed by atoms with Crippen molar-refractivity contribution in [2.24, 2.45) is 0 Å². The van der Waals surface area contributed by atoms with Crippen LogP contribution in [0.25, 0.3) is 0 Å². The van der Waals surface area contributed by atoms with Crippen LogP contribution in [-0.4, -0.2) is 6.61 Å². The first-order valence-electron chi connectivity index (χ1n) is 7.21. The van der Waals surface area contributed by atoms with Crippen molar-refractivity contribution in [3.8, 4) is 5.75 Å². The Morgan fingerprint density at radius 2 is 1.00 bits per heavy atom. The van der Waals surface area contributed by atoms with Gasteiger partial charge in [-0.05, 0) is 23.3 Å². The minimum atomic E-state index is 0.243. The maximum Gasteiger partial charge on any atom is 0.119 e. The van der Waals surface area contributed by atoms with Crippen LogP contribution in [0.2, 0.25) is 0 Å². The molecule has 21 heavy (non-hydrogen) atoms. The molecule has 0 aliphatic rings. The second kappa shape index (κ2) is 6.76. The molecule has 0 radical (unpaired) electrons. The molecule has 0 amide bonds. The lowest BCUT2D eigenvalue weighted by Gasteiger charge is -2.18. The summed E-state index contributed by atoms with van der Waals surface area (Å²) in [6, 6.07) is 31.0. The Morgan fingerprint density at radius 3 is 1.48 bits per heavy atom. The Hall–Kier alpha value is -2.54. The maximum absolute atomic E-state index is 5.98. The van der Waals surface area contributed by atoms with Crippen LogP contribution in [-0.2, 0) is 0 Å². The van der Waals surface area contributed by atoms with E-state index >= 15 is 0 Å².